The molecule has 1 aromatic rings. The second kappa shape index (κ2) is 6.39. The van der Waals surface area contributed by atoms with Crippen LogP contribution in [0.15, 0.2) is 0 Å². The lowest BCUT2D eigenvalue weighted by Gasteiger charge is -2.14. The van der Waals surface area contributed by atoms with Crippen molar-refractivity contribution in [3.63, 3.8) is 0 Å². The molecule has 0 unspecified atom stereocenters. The number of carbonyl (C=O) groups is 1. The third-order valence-corrected chi connectivity index (χ3v) is 2.96. The van der Waals surface area contributed by atoms with E-state index >= 15 is 0 Å². The van der Waals surface area contributed by atoms with Crippen molar-refractivity contribution in [2.75, 3.05) is 27.2 Å². The third-order valence-electron chi connectivity index (χ3n) is 2.96. The molecule has 1 rings (SSSR count). The molecule has 18 heavy (non-hydrogen) atoms. The molecule has 1 amide bonds. The maximum absolute atomic E-state index is 11.6. The Morgan fingerprint density at radius 1 is 1.56 bits per heavy atom. The van der Waals surface area contributed by atoms with Gasteiger partial charge < -0.3 is 15.0 Å². The highest BCUT2D eigenvalue weighted by Crippen LogP contribution is 2.20. The van der Waals surface area contributed by atoms with Gasteiger partial charge in [0.05, 0.1) is 24.9 Å². The highest BCUT2D eigenvalue weighted by Gasteiger charge is 2.14. The first-order valence-corrected chi connectivity index (χ1v) is 6.02. The molecule has 0 fully saturated rings. The Morgan fingerprint density at radius 3 is 2.78 bits per heavy atom. The zero-order valence-electron chi connectivity index (χ0n) is 11.8. The first-order valence-electron chi connectivity index (χ1n) is 6.02. The lowest BCUT2D eigenvalue weighted by Crippen LogP contribution is -2.35. The van der Waals surface area contributed by atoms with Gasteiger partial charge in [-0.2, -0.15) is 5.10 Å². The second-order valence-electron chi connectivity index (χ2n) is 4.21. The number of nitrogens with one attached hydrogen (secondary N) is 1. The molecule has 0 aliphatic rings. The van der Waals surface area contributed by atoms with Crippen LogP contribution in [0.2, 0.25) is 0 Å². The maximum atomic E-state index is 11.6. The predicted octanol–water partition coefficient (Wildman–Crippen LogP) is 0.305. The number of methoxy groups -OCH3 is 1. The molecule has 0 spiro atoms. The van der Waals surface area contributed by atoms with Crippen molar-refractivity contribution in [2.45, 2.75) is 20.4 Å². The van der Waals surface area contributed by atoms with E-state index in [2.05, 4.69) is 10.4 Å². The first-order chi connectivity index (χ1) is 8.51. The fourth-order valence-electron chi connectivity index (χ4n) is 1.75. The Balaban J connectivity index is 2.56. The molecule has 0 radical (unpaired) electrons. The second-order valence-corrected chi connectivity index (χ2v) is 4.21. The van der Waals surface area contributed by atoms with Crippen molar-refractivity contribution in [3.8, 4) is 5.88 Å². The minimum absolute atomic E-state index is 0.0815. The lowest BCUT2D eigenvalue weighted by atomic mass is 10.2. The van der Waals surface area contributed by atoms with Crippen LogP contribution in [0.25, 0.3) is 0 Å². The Hall–Kier alpha value is -1.56. The molecule has 1 N–H and O–H groups in total. The van der Waals surface area contributed by atoms with Gasteiger partial charge in [-0.3, -0.25) is 4.79 Å². The molecule has 0 saturated carbocycles. The van der Waals surface area contributed by atoms with Gasteiger partial charge >= 0.3 is 0 Å². The lowest BCUT2D eigenvalue weighted by molar-refractivity contribution is -0.128. The van der Waals surface area contributed by atoms with Crippen LogP contribution in [0, 0.1) is 6.92 Å². The summed E-state index contributed by atoms with van der Waals surface area (Å²) in [6.07, 6.45) is 0. The van der Waals surface area contributed by atoms with E-state index < -0.39 is 0 Å². The van der Waals surface area contributed by atoms with E-state index in [1.807, 2.05) is 20.9 Å². The third kappa shape index (κ3) is 3.22. The quantitative estimate of drug-likeness (QED) is 0.793. The number of aryl methyl sites for hydroxylation is 2. The summed E-state index contributed by atoms with van der Waals surface area (Å²) in [4.78, 5) is 13.3. The van der Waals surface area contributed by atoms with Crippen LogP contribution in [0.1, 0.15) is 18.2 Å². The van der Waals surface area contributed by atoms with Gasteiger partial charge in [0, 0.05) is 27.2 Å². The van der Waals surface area contributed by atoms with Crippen LogP contribution < -0.4 is 10.1 Å². The average molecular weight is 254 g/mol. The number of ether oxygens (including phenoxy) is 1. The molecule has 1 heterocycles. The topological polar surface area (TPSA) is 59.4 Å². The number of hydrogen-bond acceptors (Lipinski definition) is 4. The maximum Gasteiger partial charge on any atom is 0.236 e. The highest BCUT2D eigenvalue weighted by molar-refractivity contribution is 5.77. The Morgan fingerprint density at radius 2 is 2.22 bits per heavy atom. The van der Waals surface area contributed by atoms with E-state index in [0.717, 1.165) is 23.7 Å². The van der Waals surface area contributed by atoms with E-state index in [9.17, 15) is 4.79 Å². The summed E-state index contributed by atoms with van der Waals surface area (Å²) in [7, 11) is 5.25. The Kier molecular flexibility index (Phi) is 5.15. The standard InChI is InChI=1S/C12H22N4O2/c1-6-15(3)11(17)8-13-7-10-9(2)14-16(4)12(10)18-5/h13H,6-8H2,1-5H3. The number of rotatable bonds is 6. The van der Waals surface area contributed by atoms with Crippen molar-refractivity contribution in [1.82, 2.24) is 20.0 Å². The molecular weight excluding hydrogens is 232 g/mol. The van der Waals surface area contributed by atoms with Crippen LogP contribution in [0.3, 0.4) is 0 Å². The van der Waals surface area contributed by atoms with Crippen molar-refractivity contribution in [3.05, 3.63) is 11.3 Å². The summed E-state index contributed by atoms with van der Waals surface area (Å²) in [5, 5.41) is 7.41. The summed E-state index contributed by atoms with van der Waals surface area (Å²) >= 11 is 0. The highest BCUT2D eigenvalue weighted by atomic mass is 16.5. The van der Waals surface area contributed by atoms with Gasteiger partial charge in [-0.15, -0.1) is 0 Å². The van der Waals surface area contributed by atoms with Crippen molar-refractivity contribution < 1.29 is 9.53 Å². The van der Waals surface area contributed by atoms with Gasteiger partial charge in [0.25, 0.3) is 0 Å². The number of nitrogens with zero attached hydrogens (tertiary/aromatic N) is 3. The molecule has 0 aliphatic heterocycles. The van der Waals surface area contributed by atoms with E-state index in [4.69, 9.17) is 4.74 Å². The number of aromatic nitrogens is 2. The van der Waals surface area contributed by atoms with Crippen LogP contribution >= 0.6 is 0 Å². The van der Waals surface area contributed by atoms with Crippen LogP contribution in [-0.4, -0.2) is 47.8 Å². The fourth-order valence-corrected chi connectivity index (χ4v) is 1.75. The monoisotopic (exact) mass is 254 g/mol. The summed E-state index contributed by atoms with van der Waals surface area (Å²) in [5.74, 6) is 0.814. The van der Waals surface area contributed by atoms with E-state index in [-0.39, 0.29) is 5.91 Å². The first kappa shape index (κ1) is 14.5. The molecule has 0 bridgehead atoms. The molecule has 1 aromatic heterocycles. The van der Waals surface area contributed by atoms with E-state index in [1.54, 1.807) is 23.7 Å². The van der Waals surface area contributed by atoms with Gasteiger partial charge in [0.2, 0.25) is 11.8 Å². The van der Waals surface area contributed by atoms with Crippen molar-refractivity contribution in [2.24, 2.45) is 7.05 Å². The Bertz CT molecular complexity index is 414. The van der Waals surface area contributed by atoms with E-state index in [1.165, 1.54) is 0 Å². The summed E-state index contributed by atoms with van der Waals surface area (Å²) in [6.45, 7) is 5.50. The summed E-state index contributed by atoms with van der Waals surface area (Å²) in [5.41, 5.74) is 1.91. The molecule has 0 aliphatic carbocycles. The summed E-state index contributed by atoms with van der Waals surface area (Å²) in [6, 6.07) is 0. The van der Waals surface area contributed by atoms with Crippen LogP contribution in [0.5, 0.6) is 5.88 Å². The van der Waals surface area contributed by atoms with Gasteiger partial charge in [0.15, 0.2) is 0 Å². The normalized spacial score (nSPS) is 10.5. The molecular formula is C12H22N4O2. The molecule has 6 heteroatoms. The van der Waals surface area contributed by atoms with Crippen LogP contribution in [-0.2, 0) is 18.4 Å². The number of likely N-dealkylation sites (N-methyl/N-ethyl adjacent to an activating group) is 1. The zero-order valence-corrected chi connectivity index (χ0v) is 11.8. The fraction of sp³-hybridized carbons (Fsp3) is 0.667. The number of carbonyl (C=O) groups excluding carboxylic acids is 1. The average Bonchev–Trinajstić information content (AvgIpc) is 2.62. The van der Waals surface area contributed by atoms with Crippen LogP contribution in [0.4, 0.5) is 0 Å². The Labute approximate surface area is 108 Å². The minimum Gasteiger partial charge on any atom is -0.481 e. The molecule has 0 aromatic carbocycles. The van der Waals surface area contributed by atoms with Crippen molar-refractivity contribution >= 4 is 5.91 Å². The number of hydrogen-bond donors (Lipinski definition) is 1. The number of amides is 1. The smallest absolute Gasteiger partial charge is 0.236 e. The summed E-state index contributed by atoms with van der Waals surface area (Å²) < 4.78 is 6.99. The molecule has 102 valence electrons. The SMILES string of the molecule is CCN(C)C(=O)CNCc1c(C)nn(C)c1OC. The molecule has 0 saturated heterocycles. The van der Waals surface area contributed by atoms with E-state index in [0.29, 0.717) is 13.1 Å². The van der Waals surface area contributed by atoms with Crippen molar-refractivity contribution in [1.29, 1.82) is 0 Å². The zero-order chi connectivity index (χ0) is 13.7. The van der Waals surface area contributed by atoms with Gasteiger partial charge in [0.1, 0.15) is 0 Å². The minimum atomic E-state index is 0.0815. The predicted molar refractivity (Wildman–Crippen MR) is 69.5 cm³/mol. The van der Waals surface area contributed by atoms with Gasteiger partial charge in [-0.05, 0) is 13.8 Å². The van der Waals surface area contributed by atoms with Gasteiger partial charge in [-0.25, -0.2) is 4.68 Å². The molecule has 0 atom stereocenters. The van der Waals surface area contributed by atoms with Gasteiger partial charge in [-0.1, -0.05) is 0 Å². The largest absolute Gasteiger partial charge is 0.481 e. The molecule has 6 nitrogen and oxygen atoms in total.